The molecule has 0 radical (unpaired) electrons. The number of carbonyl (C=O) groups is 2. The highest BCUT2D eigenvalue weighted by atomic mass is 35.5. The summed E-state index contributed by atoms with van der Waals surface area (Å²) in [7, 11) is 0. The van der Waals surface area contributed by atoms with E-state index in [1.54, 1.807) is 0 Å². The molecule has 2 atom stereocenters. The van der Waals surface area contributed by atoms with Crippen LogP contribution < -0.4 is 14.4 Å². The van der Waals surface area contributed by atoms with E-state index in [1.165, 1.54) is 5.56 Å². The SMILES string of the molecule is CCOc1cc2c(cc1OCC)[C@@H]1[C@@H](C(=O)N3CCN(c4cc(Cl)ccc4C)CC3)c3ccccc3C(=O)N1CC2. The normalized spacial score (nSPS) is 19.8. The Kier molecular flexibility index (Phi) is 7.56. The fraction of sp³-hybridized carbons (Fsp3) is 0.394. The molecule has 0 bridgehead atoms. The molecule has 0 saturated carbocycles. The number of anilines is 1. The summed E-state index contributed by atoms with van der Waals surface area (Å²) in [6.45, 7) is 10.2. The molecule has 1 saturated heterocycles. The minimum Gasteiger partial charge on any atom is -0.490 e. The number of hydrogen-bond acceptors (Lipinski definition) is 5. The average molecular weight is 574 g/mol. The molecule has 41 heavy (non-hydrogen) atoms. The number of carbonyl (C=O) groups excluding carboxylic acids is 2. The van der Waals surface area contributed by atoms with E-state index in [-0.39, 0.29) is 11.8 Å². The smallest absolute Gasteiger partial charge is 0.254 e. The zero-order valence-electron chi connectivity index (χ0n) is 23.9. The van der Waals surface area contributed by atoms with E-state index in [9.17, 15) is 9.59 Å². The minimum atomic E-state index is -0.505. The van der Waals surface area contributed by atoms with Gasteiger partial charge < -0.3 is 24.2 Å². The lowest BCUT2D eigenvalue weighted by Crippen LogP contribution is -2.54. The monoisotopic (exact) mass is 573 g/mol. The van der Waals surface area contributed by atoms with E-state index in [0.29, 0.717) is 61.4 Å². The van der Waals surface area contributed by atoms with Crippen LogP contribution in [0.2, 0.25) is 5.02 Å². The summed E-state index contributed by atoms with van der Waals surface area (Å²) < 4.78 is 11.9. The van der Waals surface area contributed by atoms with Gasteiger partial charge >= 0.3 is 0 Å². The molecule has 214 valence electrons. The van der Waals surface area contributed by atoms with Gasteiger partial charge in [-0.1, -0.05) is 35.9 Å². The van der Waals surface area contributed by atoms with Gasteiger partial charge in [0.05, 0.1) is 25.2 Å². The maximum absolute atomic E-state index is 14.5. The number of piperazine rings is 1. The Bertz CT molecular complexity index is 1480. The van der Waals surface area contributed by atoms with Crippen LogP contribution in [-0.2, 0) is 11.2 Å². The summed E-state index contributed by atoms with van der Waals surface area (Å²) in [4.78, 5) is 34.5. The molecule has 3 aromatic rings. The van der Waals surface area contributed by atoms with E-state index in [2.05, 4.69) is 11.8 Å². The summed E-state index contributed by atoms with van der Waals surface area (Å²) in [5, 5.41) is 0.711. The van der Waals surface area contributed by atoms with E-state index in [1.807, 2.05) is 78.2 Å². The molecule has 2 amide bonds. The lowest BCUT2D eigenvalue weighted by Gasteiger charge is -2.47. The van der Waals surface area contributed by atoms with Crippen molar-refractivity contribution >= 4 is 29.1 Å². The number of nitrogens with zero attached hydrogens (tertiary/aromatic N) is 3. The molecule has 0 spiro atoms. The van der Waals surface area contributed by atoms with Crippen molar-refractivity contribution in [1.82, 2.24) is 9.80 Å². The first-order chi connectivity index (χ1) is 19.9. The molecule has 3 heterocycles. The number of aryl methyl sites for hydroxylation is 1. The summed E-state index contributed by atoms with van der Waals surface area (Å²) in [6.07, 6.45) is 0.699. The second-order valence-electron chi connectivity index (χ2n) is 10.9. The van der Waals surface area contributed by atoms with Gasteiger partial charge in [-0.3, -0.25) is 9.59 Å². The Morgan fingerprint density at radius 3 is 2.34 bits per heavy atom. The zero-order chi connectivity index (χ0) is 28.7. The molecule has 3 aliphatic rings. The second kappa shape index (κ2) is 11.3. The Labute approximate surface area is 246 Å². The number of halogens is 1. The fourth-order valence-corrected chi connectivity index (χ4v) is 6.79. The summed E-state index contributed by atoms with van der Waals surface area (Å²) in [6, 6.07) is 17.2. The number of benzene rings is 3. The first-order valence-electron chi connectivity index (χ1n) is 14.5. The molecule has 6 rings (SSSR count). The maximum atomic E-state index is 14.5. The van der Waals surface area contributed by atoms with Crippen molar-refractivity contribution in [2.75, 3.05) is 50.8 Å². The largest absolute Gasteiger partial charge is 0.490 e. The molecule has 7 nitrogen and oxygen atoms in total. The summed E-state index contributed by atoms with van der Waals surface area (Å²) in [5.74, 6) is 0.891. The van der Waals surface area contributed by atoms with Crippen molar-refractivity contribution in [2.24, 2.45) is 0 Å². The third-order valence-corrected chi connectivity index (χ3v) is 8.79. The molecule has 0 aliphatic carbocycles. The van der Waals surface area contributed by atoms with Gasteiger partial charge in [-0.05, 0) is 79.8 Å². The molecule has 8 heteroatoms. The molecule has 3 aromatic carbocycles. The molecule has 0 unspecified atom stereocenters. The first kappa shape index (κ1) is 27.5. The molecular formula is C33H36ClN3O4. The van der Waals surface area contributed by atoms with Crippen molar-refractivity contribution in [2.45, 2.75) is 39.2 Å². The highest BCUT2D eigenvalue weighted by Gasteiger charge is 2.48. The van der Waals surface area contributed by atoms with Gasteiger partial charge in [0.25, 0.3) is 5.91 Å². The van der Waals surface area contributed by atoms with Crippen LogP contribution in [0.3, 0.4) is 0 Å². The Morgan fingerprint density at radius 1 is 0.902 bits per heavy atom. The Morgan fingerprint density at radius 2 is 1.61 bits per heavy atom. The van der Waals surface area contributed by atoms with Crippen LogP contribution >= 0.6 is 11.6 Å². The molecule has 0 N–H and O–H groups in total. The third kappa shape index (κ3) is 4.90. The van der Waals surface area contributed by atoms with E-state index in [0.717, 1.165) is 35.5 Å². The fourth-order valence-electron chi connectivity index (χ4n) is 6.62. The number of fused-ring (bicyclic) bond motifs is 4. The van der Waals surface area contributed by atoms with Crippen LogP contribution in [0.4, 0.5) is 5.69 Å². The lowest BCUT2D eigenvalue weighted by atomic mass is 9.75. The van der Waals surface area contributed by atoms with Crippen LogP contribution in [0.5, 0.6) is 11.5 Å². The molecular weight excluding hydrogens is 538 g/mol. The Hall–Kier alpha value is -3.71. The predicted molar refractivity (Wildman–Crippen MR) is 160 cm³/mol. The van der Waals surface area contributed by atoms with Crippen molar-refractivity contribution in [1.29, 1.82) is 0 Å². The van der Waals surface area contributed by atoms with Crippen molar-refractivity contribution in [3.05, 3.63) is 87.4 Å². The van der Waals surface area contributed by atoms with Gasteiger partial charge in [0.2, 0.25) is 5.91 Å². The summed E-state index contributed by atoms with van der Waals surface area (Å²) in [5.41, 5.74) is 5.77. The van der Waals surface area contributed by atoms with Crippen LogP contribution in [-0.4, -0.2) is 67.6 Å². The average Bonchev–Trinajstić information content (AvgIpc) is 2.99. The summed E-state index contributed by atoms with van der Waals surface area (Å²) >= 11 is 6.30. The van der Waals surface area contributed by atoms with E-state index >= 15 is 0 Å². The van der Waals surface area contributed by atoms with Crippen molar-refractivity contribution in [3.63, 3.8) is 0 Å². The minimum absolute atomic E-state index is 0.0200. The maximum Gasteiger partial charge on any atom is 0.254 e. The van der Waals surface area contributed by atoms with Crippen molar-refractivity contribution in [3.8, 4) is 11.5 Å². The predicted octanol–water partition coefficient (Wildman–Crippen LogP) is 5.63. The van der Waals surface area contributed by atoms with E-state index < -0.39 is 12.0 Å². The number of ether oxygens (including phenoxy) is 2. The second-order valence-corrected chi connectivity index (χ2v) is 11.3. The van der Waals surface area contributed by atoms with Gasteiger partial charge in [-0.15, -0.1) is 0 Å². The topological polar surface area (TPSA) is 62.3 Å². The van der Waals surface area contributed by atoms with Crippen LogP contribution in [0.25, 0.3) is 0 Å². The standard InChI is InChI=1S/C33H36ClN3O4/c1-4-40-28-18-22-12-13-37-31(26(22)20-29(28)41-5-2)30(24-8-6-7-9-25(24)32(37)38)33(39)36-16-14-35(15-17-36)27-19-23(34)11-10-21(27)3/h6-11,18-20,30-31H,4-5,12-17H2,1-3H3/t30-,31+/m0/s1. The molecule has 3 aliphatic heterocycles. The molecule has 0 aromatic heterocycles. The highest BCUT2D eigenvalue weighted by molar-refractivity contribution is 6.30. The van der Waals surface area contributed by atoms with Crippen molar-refractivity contribution < 1.29 is 19.1 Å². The van der Waals surface area contributed by atoms with Gasteiger partial charge in [0.15, 0.2) is 11.5 Å². The van der Waals surface area contributed by atoms with Gasteiger partial charge in [-0.2, -0.15) is 0 Å². The quantitative estimate of drug-likeness (QED) is 0.382. The van der Waals surface area contributed by atoms with Crippen LogP contribution in [0.15, 0.2) is 54.6 Å². The lowest BCUT2D eigenvalue weighted by molar-refractivity contribution is -0.135. The van der Waals surface area contributed by atoms with Crippen LogP contribution in [0, 0.1) is 6.92 Å². The number of hydrogen-bond donors (Lipinski definition) is 0. The van der Waals surface area contributed by atoms with E-state index in [4.69, 9.17) is 21.1 Å². The highest BCUT2D eigenvalue weighted by Crippen LogP contribution is 2.49. The van der Waals surface area contributed by atoms with Crippen LogP contribution in [0.1, 0.15) is 58.4 Å². The van der Waals surface area contributed by atoms with Gasteiger partial charge in [-0.25, -0.2) is 0 Å². The first-order valence-corrected chi connectivity index (χ1v) is 14.9. The van der Waals surface area contributed by atoms with Gasteiger partial charge in [0.1, 0.15) is 0 Å². The number of amides is 2. The zero-order valence-corrected chi connectivity index (χ0v) is 24.6. The Balaban J connectivity index is 1.36. The third-order valence-electron chi connectivity index (χ3n) is 8.55. The molecule has 1 fully saturated rings. The van der Waals surface area contributed by atoms with Gasteiger partial charge in [0, 0.05) is 49.0 Å². The number of rotatable bonds is 6.